The number of amides is 1. The van der Waals surface area contributed by atoms with Gasteiger partial charge in [-0.25, -0.2) is 4.52 Å². The van der Waals surface area contributed by atoms with E-state index in [-0.39, 0.29) is 11.9 Å². The molecule has 8 nitrogen and oxygen atoms in total. The Morgan fingerprint density at radius 1 is 1.19 bits per heavy atom. The van der Waals surface area contributed by atoms with Gasteiger partial charge in [0, 0.05) is 30.1 Å². The van der Waals surface area contributed by atoms with Crippen LogP contribution >= 0.6 is 0 Å². The van der Waals surface area contributed by atoms with Gasteiger partial charge < -0.3 is 15.8 Å². The van der Waals surface area contributed by atoms with Crippen LogP contribution in [0.1, 0.15) is 35.5 Å². The number of nitrogens with zero attached hydrogens (tertiary/aromatic N) is 4. The second kappa shape index (κ2) is 9.05. The highest BCUT2D eigenvalue weighted by Gasteiger charge is 2.14. The normalized spacial score (nSPS) is 11.1. The lowest BCUT2D eigenvalue weighted by molar-refractivity contribution is 0.0949. The second-order valence-electron chi connectivity index (χ2n) is 8.04. The number of nitrogens with one attached hydrogen (secondary N) is 1. The third-order valence-electron chi connectivity index (χ3n) is 5.00. The minimum absolute atomic E-state index is 0.191. The van der Waals surface area contributed by atoms with E-state index in [0.29, 0.717) is 36.0 Å². The number of carbonyl (C=O) groups is 1. The summed E-state index contributed by atoms with van der Waals surface area (Å²) in [4.78, 5) is 21.6. The third kappa shape index (κ3) is 4.69. The van der Waals surface area contributed by atoms with E-state index in [9.17, 15) is 4.79 Å². The van der Waals surface area contributed by atoms with E-state index in [1.165, 1.54) is 0 Å². The molecule has 0 aliphatic rings. The zero-order valence-electron chi connectivity index (χ0n) is 18.4. The number of anilines is 1. The van der Waals surface area contributed by atoms with Crippen LogP contribution in [-0.2, 0) is 6.54 Å². The summed E-state index contributed by atoms with van der Waals surface area (Å²) in [6, 6.07) is 13.3. The number of nitrogen functional groups attached to an aromatic ring is 1. The second-order valence-corrected chi connectivity index (χ2v) is 8.04. The zero-order valence-corrected chi connectivity index (χ0v) is 18.4. The lowest BCUT2D eigenvalue weighted by atomic mass is 10.0. The van der Waals surface area contributed by atoms with E-state index in [1.54, 1.807) is 16.9 Å². The molecule has 0 fully saturated rings. The van der Waals surface area contributed by atoms with Crippen LogP contribution in [0.4, 0.5) is 5.95 Å². The Balaban J connectivity index is 1.53. The summed E-state index contributed by atoms with van der Waals surface area (Å²) in [5.74, 6) is 1.22. The predicted molar refractivity (Wildman–Crippen MR) is 123 cm³/mol. The van der Waals surface area contributed by atoms with Crippen LogP contribution in [0.2, 0.25) is 0 Å². The van der Waals surface area contributed by atoms with Gasteiger partial charge in [-0.3, -0.25) is 9.78 Å². The summed E-state index contributed by atoms with van der Waals surface area (Å²) in [5, 5.41) is 7.08. The summed E-state index contributed by atoms with van der Waals surface area (Å²) >= 11 is 0. The molecule has 0 atom stereocenters. The number of carbonyl (C=O) groups excluding carboxylic acids is 1. The van der Waals surface area contributed by atoms with E-state index in [4.69, 9.17) is 10.5 Å². The highest BCUT2D eigenvalue weighted by atomic mass is 16.5. The largest absolute Gasteiger partial charge is 0.493 e. The first kappa shape index (κ1) is 21.3. The zero-order chi connectivity index (χ0) is 22.7. The van der Waals surface area contributed by atoms with Crippen molar-refractivity contribution in [1.29, 1.82) is 0 Å². The monoisotopic (exact) mass is 430 g/mol. The fourth-order valence-electron chi connectivity index (χ4n) is 3.32. The molecule has 0 unspecified atom stereocenters. The molecule has 1 aromatic carbocycles. The molecule has 0 saturated carbocycles. The molecule has 1 amide bonds. The average Bonchev–Trinajstić information content (AvgIpc) is 3.16. The van der Waals surface area contributed by atoms with Crippen molar-refractivity contribution in [2.24, 2.45) is 5.92 Å². The van der Waals surface area contributed by atoms with Crippen molar-refractivity contribution in [2.45, 2.75) is 27.3 Å². The van der Waals surface area contributed by atoms with Gasteiger partial charge in [0.05, 0.1) is 17.9 Å². The first-order valence-electron chi connectivity index (χ1n) is 10.5. The van der Waals surface area contributed by atoms with Gasteiger partial charge in [-0.15, -0.1) is 5.10 Å². The Kier molecular flexibility index (Phi) is 6.02. The molecule has 4 rings (SSSR count). The van der Waals surface area contributed by atoms with Crippen molar-refractivity contribution in [3.05, 3.63) is 71.7 Å². The smallest absolute Gasteiger partial charge is 0.253 e. The van der Waals surface area contributed by atoms with Crippen molar-refractivity contribution >= 4 is 17.5 Å². The van der Waals surface area contributed by atoms with Crippen molar-refractivity contribution in [3.8, 4) is 16.9 Å². The lowest BCUT2D eigenvalue weighted by Crippen LogP contribution is -2.24. The molecule has 0 saturated heterocycles. The molecular formula is C24H26N6O2. The molecule has 3 aromatic heterocycles. The minimum atomic E-state index is -0.191. The number of pyridine rings is 2. The van der Waals surface area contributed by atoms with Gasteiger partial charge in [0.25, 0.3) is 5.91 Å². The number of hydrogen-bond donors (Lipinski definition) is 2. The molecule has 0 aliphatic heterocycles. The van der Waals surface area contributed by atoms with Gasteiger partial charge in [-0.2, -0.15) is 4.98 Å². The maximum absolute atomic E-state index is 13.0. The molecule has 0 radical (unpaired) electrons. The Bertz CT molecular complexity index is 1260. The SMILES string of the molecule is Cc1ncc(-c2ccn3nc(N)nc3c2)cc1C(=O)NCc1ccccc1OCC(C)C. The van der Waals surface area contributed by atoms with E-state index < -0.39 is 0 Å². The van der Waals surface area contributed by atoms with Crippen LogP contribution in [0, 0.1) is 12.8 Å². The molecule has 3 N–H and O–H groups in total. The molecule has 8 heteroatoms. The van der Waals surface area contributed by atoms with Crippen LogP contribution in [0.15, 0.2) is 54.9 Å². The number of hydrogen-bond acceptors (Lipinski definition) is 6. The maximum Gasteiger partial charge on any atom is 0.253 e. The number of para-hydroxylation sites is 1. The van der Waals surface area contributed by atoms with E-state index in [1.807, 2.05) is 49.4 Å². The Hall–Kier alpha value is -3.94. The Morgan fingerprint density at radius 2 is 2.00 bits per heavy atom. The molecule has 0 spiro atoms. The number of ether oxygens (including phenoxy) is 1. The standard InChI is InChI=1S/C24H26N6O2/c1-15(2)14-32-21-7-5-4-6-18(21)12-27-23(31)20-10-19(13-26-16(20)3)17-8-9-30-22(11-17)28-24(25)29-30/h4-11,13,15H,12,14H2,1-3H3,(H2,25,29)(H,27,31). The third-order valence-corrected chi connectivity index (χ3v) is 5.00. The van der Waals surface area contributed by atoms with Gasteiger partial charge in [-0.05, 0) is 42.7 Å². The fourth-order valence-corrected chi connectivity index (χ4v) is 3.32. The number of aromatic nitrogens is 4. The van der Waals surface area contributed by atoms with Crippen molar-refractivity contribution in [2.75, 3.05) is 12.3 Å². The van der Waals surface area contributed by atoms with Crippen molar-refractivity contribution in [1.82, 2.24) is 24.9 Å². The highest BCUT2D eigenvalue weighted by molar-refractivity contribution is 5.96. The van der Waals surface area contributed by atoms with Gasteiger partial charge in [0.2, 0.25) is 5.95 Å². The molecule has 0 bridgehead atoms. The topological polar surface area (TPSA) is 107 Å². The van der Waals surface area contributed by atoms with Gasteiger partial charge in [-0.1, -0.05) is 32.0 Å². The molecule has 4 aromatic rings. The van der Waals surface area contributed by atoms with E-state index in [0.717, 1.165) is 22.4 Å². The average molecular weight is 431 g/mol. The number of fused-ring (bicyclic) bond motifs is 1. The van der Waals surface area contributed by atoms with Crippen LogP contribution in [0.3, 0.4) is 0 Å². The molecular weight excluding hydrogens is 404 g/mol. The first-order chi connectivity index (χ1) is 15.4. The van der Waals surface area contributed by atoms with Crippen molar-refractivity contribution < 1.29 is 9.53 Å². The Labute approximate surface area is 186 Å². The van der Waals surface area contributed by atoms with Crippen LogP contribution in [-0.4, -0.2) is 32.1 Å². The summed E-state index contributed by atoms with van der Waals surface area (Å²) in [6.45, 7) is 7.01. The molecule has 164 valence electrons. The summed E-state index contributed by atoms with van der Waals surface area (Å²) in [6.07, 6.45) is 3.52. The van der Waals surface area contributed by atoms with Gasteiger partial charge >= 0.3 is 0 Å². The molecule has 32 heavy (non-hydrogen) atoms. The van der Waals surface area contributed by atoms with Crippen molar-refractivity contribution in [3.63, 3.8) is 0 Å². The summed E-state index contributed by atoms with van der Waals surface area (Å²) in [7, 11) is 0. The van der Waals surface area contributed by atoms with Crippen LogP contribution in [0.5, 0.6) is 5.75 Å². The van der Waals surface area contributed by atoms with E-state index in [2.05, 4.69) is 34.2 Å². The number of rotatable bonds is 7. The number of benzene rings is 1. The lowest BCUT2D eigenvalue weighted by Gasteiger charge is -2.14. The minimum Gasteiger partial charge on any atom is -0.493 e. The summed E-state index contributed by atoms with van der Waals surface area (Å²) in [5.41, 5.74) is 10.1. The van der Waals surface area contributed by atoms with E-state index >= 15 is 0 Å². The fraction of sp³-hybridized carbons (Fsp3) is 0.250. The van der Waals surface area contributed by atoms with Crippen LogP contribution < -0.4 is 15.8 Å². The predicted octanol–water partition coefficient (Wildman–Crippen LogP) is 3.65. The number of nitrogens with two attached hydrogens (primary N) is 1. The maximum atomic E-state index is 13.0. The van der Waals surface area contributed by atoms with Gasteiger partial charge in [0.1, 0.15) is 5.75 Å². The Morgan fingerprint density at radius 3 is 2.81 bits per heavy atom. The molecule has 0 aliphatic carbocycles. The quantitative estimate of drug-likeness (QED) is 0.463. The van der Waals surface area contributed by atoms with Gasteiger partial charge in [0.15, 0.2) is 5.65 Å². The number of aryl methyl sites for hydroxylation is 1. The highest BCUT2D eigenvalue weighted by Crippen LogP contribution is 2.23. The first-order valence-corrected chi connectivity index (χ1v) is 10.5. The summed E-state index contributed by atoms with van der Waals surface area (Å²) < 4.78 is 7.49. The van der Waals surface area contributed by atoms with Crippen LogP contribution in [0.25, 0.3) is 16.8 Å². The molecule has 3 heterocycles.